The van der Waals surface area contributed by atoms with Crippen LogP contribution in [0.3, 0.4) is 0 Å². The summed E-state index contributed by atoms with van der Waals surface area (Å²) in [5, 5.41) is 6.84. The van der Waals surface area contributed by atoms with Crippen molar-refractivity contribution in [2.75, 3.05) is 0 Å². The van der Waals surface area contributed by atoms with Gasteiger partial charge in [-0.25, -0.2) is 4.52 Å². The Bertz CT molecular complexity index is 916. The molecule has 20 heavy (non-hydrogen) atoms. The molecule has 0 N–H and O–H groups in total. The highest BCUT2D eigenvalue weighted by Gasteiger charge is 2.11. The summed E-state index contributed by atoms with van der Waals surface area (Å²) in [6.45, 7) is 2.06. The predicted octanol–water partition coefficient (Wildman–Crippen LogP) is 3.86. The Morgan fingerprint density at radius 3 is 2.80 bits per heavy atom. The Morgan fingerprint density at radius 1 is 0.950 bits per heavy atom. The van der Waals surface area contributed by atoms with Crippen molar-refractivity contribution in [2.24, 2.45) is 0 Å². The molecule has 1 aromatic carbocycles. The molecule has 0 atom stereocenters. The number of hydrogen-bond acceptors (Lipinski definition) is 2. The summed E-state index contributed by atoms with van der Waals surface area (Å²) in [6, 6.07) is 16.5. The number of hydrogen-bond donors (Lipinski definition) is 0. The maximum Gasteiger partial charge on any atom is 0.0818 e. The smallest absolute Gasteiger partial charge is 0.0818 e. The summed E-state index contributed by atoms with van der Waals surface area (Å²) in [5.41, 5.74) is 4.28. The summed E-state index contributed by atoms with van der Waals surface area (Å²) in [6.07, 6.45) is 3.76. The van der Waals surface area contributed by atoms with Crippen molar-refractivity contribution < 1.29 is 0 Å². The molecule has 0 bridgehead atoms. The van der Waals surface area contributed by atoms with Gasteiger partial charge in [0.15, 0.2) is 0 Å². The van der Waals surface area contributed by atoms with E-state index in [1.807, 2.05) is 35.1 Å². The average molecular weight is 259 g/mol. The largest absolute Gasteiger partial charge is 0.255 e. The number of fused-ring (bicyclic) bond motifs is 2. The van der Waals surface area contributed by atoms with Gasteiger partial charge in [-0.3, -0.25) is 4.98 Å². The van der Waals surface area contributed by atoms with Gasteiger partial charge in [0.25, 0.3) is 0 Å². The van der Waals surface area contributed by atoms with Crippen molar-refractivity contribution >= 4 is 16.3 Å². The molecule has 3 aromatic heterocycles. The fourth-order valence-electron chi connectivity index (χ4n) is 2.67. The molecule has 0 radical (unpaired) electrons. The van der Waals surface area contributed by atoms with E-state index in [1.165, 1.54) is 5.39 Å². The van der Waals surface area contributed by atoms with Crippen LogP contribution in [0.15, 0.2) is 60.9 Å². The topological polar surface area (TPSA) is 30.2 Å². The SMILES string of the molecule is Cc1cccc2c(-c3nccc4ccccc34)cnn12. The van der Waals surface area contributed by atoms with Crippen LogP contribution in [0.2, 0.25) is 0 Å². The van der Waals surface area contributed by atoms with Gasteiger partial charge in [0.1, 0.15) is 0 Å². The average Bonchev–Trinajstić information content (AvgIpc) is 2.92. The number of aryl methyl sites for hydroxylation is 1. The minimum absolute atomic E-state index is 0.990. The van der Waals surface area contributed by atoms with Crippen molar-refractivity contribution in [3.8, 4) is 11.3 Å². The molecule has 3 nitrogen and oxygen atoms in total. The second-order valence-electron chi connectivity index (χ2n) is 4.90. The number of nitrogens with zero attached hydrogens (tertiary/aromatic N) is 3. The molecule has 0 aliphatic rings. The zero-order valence-electron chi connectivity index (χ0n) is 11.1. The molecular formula is C17H13N3. The van der Waals surface area contributed by atoms with Gasteiger partial charge in [-0.15, -0.1) is 0 Å². The van der Waals surface area contributed by atoms with Crippen molar-refractivity contribution in [2.45, 2.75) is 6.92 Å². The Hall–Kier alpha value is -2.68. The van der Waals surface area contributed by atoms with E-state index in [9.17, 15) is 0 Å². The lowest BCUT2D eigenvalue weighted by Crippen LogP contribution is -1.91. The summed E-state index contributed by atoms with van der Waals surface area (Å²) in [7, 11) is 0. The molecule has 0 unspecified atom stereocenters. The Balaban J connectivity index is 2.09. The molecule has 0 spiro atoms. The fraction of sp³-hybridized carbons (Fsp3) is 0.0588. The molecule has 0 saturated heterocycles. The monoisotopic (exact) mass is 259 g/mol. The highest BCUT2D eigenvalue weighted by Crippen LogP contribution is 2.29. The van der Waals surface area contributed by atoms with E-state index >= 15 is 0 Å². The molecule has 4 rings (SSSR count). The number of pyridine rings is 2. The minimum Gasteiger partial charge on any atom is -0.255 e. The quantitative estimate of drug-likeness (QED) is 0.519. The Morgan fingerprint density at radius 2 is 1.85 bits per heavy atom. The highest BCUT2D eigenvalue weighted by molar-refractivity contribution is 5.97. The maximum atomic E-state index is 4.58. The first-order valence-corrected chi connectivity index (χ1v) is 6.62. The lowest BCUT2D eigenvalue weighted by molar-refractivity contribution is 0.915. The molecule has 0 aliphatic heterocycles. The number of benzene rings is 1. The predicted molar refractivity (Wildman–Crippen MR) is 80.7 cm³/mol. The Kier molecular flexibility index (Phi) is 2.33. The Labute approximate surface area is 116 Å². The van der Waals surface area contributed by atoms with Gasteiger partial charge in [0, 0.05) is 22.8 Å². The van der Waals surface area contributed by atoms with Crippen LogP contribution in [0.25, 0.3) is 27.5 Å². The molecule has 4 aromatic rings. The van der Waals surface area contributed by atoms with Crippen LogP contribution >= 0.6 is 0 Å². The molecule has 3 heteroatoms. The highest BCUT2D eigenvalue weighted by atomic mass is 15.2. The summed E-state index contributed by atoms with van der Waals surface area (Å²) in [4.78, 5) is 4.58. The molecule has 0 aliphatic carbocycles. The molecule has 96 valence electrons. The minimum atomic E-state index is 0.990. The zero-order chi connectivity index (χ0) is 13.5. The third-order valence-electron chi connectivity index (χ3n) is 3.66. The van der Waals surface area contributed by atoms with Crippen LogP contribution in [0, 0.1) is 6.92 Å². The second-order valence-corrected chi connectivity index (χ2v) is 4.90. The normalized spacial score (nSPS) is 11.2. The molecule has 3 heterocycles. The van der Waals surface area contributed by atoms with Crippen molar-refractivity contribution in [1.29, 1.82) is 0 Å². The van der Waals surface area contributed by atoms with Crippen LogP contribution < -0.4 is 0 Å². The summed E-state index contributed by atoms with van der Waals surface area (Å²) in [5.74, 6) is 0. The van der Waals surface area contributed by atoms with E-state index in [0.717, 1.165) is 27.9 Å². The first-order chi connectivity index (χ1) is 9.84. The molecular weight excluding hydrogens is 246 g/mol. The molecule has 0 fully saturated rings. The van der Waals surface area contributed by atoms with E-state index in [4.69, 9.17) is 0 Å². The van der Waals surface area contributed by atoms with Crippen LogP contribution in [0.5, 0.6) is 0 Å². The second kappa shape index (κ2) is 4.17. The maximum absolute atomic E-state index is 4.58. The number of rotatable bonds is 1. The van der Waals surface area contributed by atoms with Gasteiger partial charge >= 0.3 is 0 Å². The van der Waals surface area contributed by atoms with Gasteiger partial charge in [-0.2, -0.15) is 5.10 Å². The zero-order valence-corrected chi connectivity index (χ0v) is 11.1. The van der Waals surface area contributed by atoms with Crippen molar-refractivity contribution in [3.63, 3.8) is 0 Å². The van der Waals surface area contributed by atoms with Gasteiger partial charge in [0.2, 0.25) is 0 Å². The van der Waals surface area contributed by atoms with Gasteiger partial charge < -0.3 is 0 Å². The first kappa shape index (κ1) is 11.2. The fourth-order valence-corrected chi connectivity index (χ4v) is 2.67. The molecule has 0 saturated carbocycles. The van der Waals surface area contributed by atoms with E-state index in [2.05, 4.69) is 47.3 Å². The van der Waals surface area contributed by atoms with Gasteiger partial charge in [-0.05, 0) is 30.5 Å². The van der Waals surface area contributed by atoms with E-state index in [0.29, 0.717) is 0 Å². The number of aromatic nitrogens is 3. The summed E-state index contributed by atoms with van der Waals surface area (Å²) < 4.78 is 1.96. The molecule has 0 amide bonds. The van der Waals surface area contributed by atoms with Crippen LogP contribution in [0.4, 0.5) is 0 Å². The lowest BCUT2D eigenvalue weighted by atomic mass is 10.1. The lowest BCUT2D eigenvalue weighted by Gasteiger charge is -2.04. The van der Waals surface area contributed by atoms with Crippen LogP contribution in [0.1, 0.15) is 5.69 Å². The van der Waals surface area contributed by atoms with E-state index in [-0.39, 0.29) is 0 Å². The van der Waals surface area contributed by atoms with Crippen LogP contribution in [-0.2, 0) is 0 Å². The van der Waals surface area contributed by atoms with Gasteiger partial charge in [0.05, 0.1) is 17.4 Å². The van der Waals surface area contributed by atoms with Crippen molar-refractivity contribution in [3.05, 3.63) is 66.6 Å². The standard InChI is InChI=1S/C17H13N3/c1-12-5-4-8-16-15(11-19-20(12)16)17-14-7-3-2-6-13(14)9-10-18-17/h2-11H,1H3. The van der Waals surface area contributed by atoms with Crippen molar-refractivity contribution in [1.82, 2.24) is 14.6 Å². The third kappa shape index (κ3) is 1.53. The van der Waals surface area contributed by atoms with E-state index < -0.39 is 0 Å². The third-order valence-corrected chi connectivity index (χ3v) is 3.66. The van der Waals surface area contributed by atoms with Crippen LogP contribution in [-0.4, -0.2) is 14.6 Å². The van der Waals surface area contributed by atoms with Gasteiger partial charge in [-0.1, -0.05) is 30.3 Å². The summed E-state index contributed by atoms with van der Waals surface area (Å²) >= 11 is 0. The first-order valence-electron chi connectivity index (χ1n) is 6.62. The van der Waals surface area contributed by atoms with E-state index in [1.54, 1.807) is 0 Å².